The van der Waals surface area contributed by atoms with Crippen molar-refractivity contribution in [1.29, 1.82) is 0 Å². The largest absolute Gasteiger partial charge is 0.350 e. The number of carbonyl (C=O) groups is 2. The molecule has 1 aromatic heterocycles. The van der Waals surface area contributed by atoms with Gasteiger partial charge in [0.25, 0.3) is 5.91 Å². The predicted octanol–water partition coefficient (Wildman–Crippen LogP) is 3.82. The molecule has 5 nitrogen and oxygen atoms in total. The molecule has 0 radical (unpaired) electrons. The Kier molecular flexibility index (Phi) is 6.21. The van der Waals surface area contributed by atoms with Crippen LogP contribution in [-0.4, -0.2) is 23.3 Å². The molecule has 2 aromatic carbocycles. The molecular weight excluding hydrogens is 382 g/mol. The van der Waals surface area contributed by atoms with E-state index in [1.54, 1.807) is 19.1 Å². The Hall–Kier alpha value is -2.70. The smallest absolute Gasteiger partial charge is 0.263 e. The molecule has 7 heteroatoms. The van der Waals surface area contributed by atoms with Crippen LogP contribution in [0.1, 0.15) is 20.9 Å². The highest BCUT2D eigenvalue weighted by Gasteiger charge is 2.17. The van der Waals surface area contributed by atoms with Gasteiger partial charge in [0.15, 0.2) is 0 Å². The summed E-state index contributed by atoms with van der Waals surface area (Å²) >= 11 is 7.29. The van der Waals surface area contributed by atoms with Crippen molar-refractivity contribution >= 4 is 34.8 Å². The lowest BCUT2D eigenvalue weighted by Crippen LogP contribution is -2.36. The number of carbonyl (C=O) groups excluding carboxylic acids is 2. The monoisotopic (exact) mass is 399 g/mol. The van der Waals surface area contributed by atoms with Crippen LogP contribution in [0.3, 0.4) is 0 Å². The van der Waals surface area contributed by atoms with Crippen LogP contribution in [0.2, 0.25) is 5.02 Å². The molecule has 1 heterocycles. The molecule has 2 amide bonds. The quantitative estimate of drug-likeness (QED) is 0.662. The van der Waals surface area contributed by atoms with Crippen LogP contribution in [0.15, 0.2) is 54.6 Å². The maximum Gasteiger partial charge on any atom is 0.263 e. The summed E-state index contributed by atoms with van der Waals surface area (Å²) in [6.45, 7) is 2.11. The van der Waals surface area contributed by atoms with Crippen molar-refractivity contribution in [2.24, 2.45) is 0 Å². The Morgan fingerprint density at radius 3 is 2.59 bits per heavy atom. The number of halogens is 1. The van der Waals surface area contributed by atoms with E-state index in [4.69, 9.17) is 11.6 Å². The van der Waals surface area contributed by atoms with Crippen molar-refractivity contribution in [3.8, 4) is 10.6 Å². The summed E-state index contributed by atoms with van der Waals surface area (Å²) < 4.78 is 0. The highest BCUT2D eigenvalue weighted by molar-refractivity contribution is 7.17. The van der Waals surface area contributed by atoms with E-state index in [-0.39, 0.29) is 18.4 Å². The molecule has 0 aliphatic rings. The van der Waals surface area contributed by atoms with E-state index in [2.05, 4.69) is 15.6 Å². The minimum atomic E-state index is -0.312. The topological polar surface area (TPSA) is 71.1 Å². The number of aromatic nitrogens is 1. The maximum atomic E-state index is 12.4. The van der Waals surface area contributed by atoms with Gasteiger partial charge in [0.05, 0.1) is 12.2 Å². The number of hydrogen-bond acceptors (Lipinski definition) is 4. The van der Waals surface area contributed by atoms with Crippen LogP contribution in [0.5, 0.6) is 0 Å². The summed E-state index contributed by atoms with van der Waals surface area (Å²) in [5, 5.41) is 6.75. The summed E-state index contributed by atoms with van der Waals surface area (Å²) in [5.74, 6) is -0.558. The summed E-state index contributed by atoms with van der Waals surface area (Å²) in [6.07, 6.45) is 0. The third kappa shape index (κ3) is 5.15. The first kappa shape index (κ1) is 19.1. The van der Waals surface area contributed by atoms with Gasteiger partial charge in [-0.25, -0.2) is 4.98 Å². The molecule has 0 unspecified atom stereocenters. The van der Waals surface area contributed by atoms with Crippen molar-refractivity contribution in [3.05, 3.63) is 75.8 Å². The van der Waals surface area contributed by atoms with Crippen LogP contribution in [0.25, 0.3) is 10.6 Å². The summed E-state index contributed by atoms with van der Waals surface area (Å²) in [6, 6.07) is 16.9. The zero-order chi connectivity index (χ0) is 19.2. The first-order valence-corrected chi connectivity index (χ1v) is 9.54. The second-order valence-electron chi connectivity index (χ2n) is 5.89. The number of benzene rings is 2. The lowest BCUT2D eigenvalue weighted by molar-refractivity contribution is -0.120. The van der Waals surface area contributed by atoms with Gasteiger partial charge in [-0.2, -0.15) is 0 Å². The normalized spacial score (nSPS) is 10.4. The van der Waals surface area contributed by atoms with Gasteiger partial charge >= 0.3 is 0 Å². The highest BCUT2D eigenvalue weighted by atomic mass is 35.5. The average molecular weight is 400 g/mol. The third-order valence-electron chi connectivity index (χ3n) is 3.82. The molecule has 3 aromatic rings. The van der Waals surface area contributed by atoms with Crippen molar-refractivity contribution < 1.29 is 9.59 Å². The second kappa shape index (κ2) is 8.79. The molecule has 0 saturated heterocycles. The van der Waals surface area contributed by atoms with E-state index in [1.165, 1.54) is 11.3 Å². The Morgan fingerprint density at radius 2 is 1.85 bits per heavy atom. The van der Waals surface area contributed by atoms with Gasteiger partial charge in [-0.1, -0.05) is 54.1 Å². The van der Waals surface area contributed by atoms with Crippen LogP contribution < -0.4 is 10.6 Å². The van der Waals surface area contributed by atoms with E-state index in [0.29, 0.717) is 27.1 Å². The molecule has 0 bridgehead atoms. The number of nitrogens with zero attached hydrogens (tertiary/aromatic N) is 1. The predicted molar refractivity (Wildman–Crippen MR) is 108 cm³/mol. The second-order valence-corrected chi connectivity index (χ2v) is 7.32. The van der Waals surface area contributed by atoms with Crippen LogP contribution in [0.4, 0.5) is 0 Å². The molecule has 0 saturated carbocycles. The lowest BCUT2D eigenvalue weighted by atomic mass is 10.2. The van der Waals surface area contributed by atoms with E-state index >= 15 is 0 Å². The fraction of sp³-hybridized carbons (Fsp3) is 0.150. The molecule has 0 aliphatic heterocycles. The first-order chi connectivity index (χ1) is 13.0. The molecule has 27 heavy (non-hydrogen) atoms. The summed E-state index contributed by atoms with van der Waals surface area (Å²) in [5.41, 5.74) is 2.48. The Morgan fingerprint density at radius 1 is 1.07 bits per heavy atom. The summed E-state index contributed by atoms with van der Waals surface area (Å²) in [7, 11) is 0. The van der Waals surface area contributed by atoms with Crippen LogP contribution in [0, 0.1) is 6.92 Å². The number of rotatable bonds is 6. The third-order valence-corrected chi connectivity index (χ3v) is 5.26. The number of nitrogens with one attached hydrogen (secondary N) is 2. The standard InChI is InChI=1S/C20H18ClN3O2S/c1-13-18(27-20(24-13)15-8-5-9-16(21)10-15)19(26)23-12-17(25)22-11-14-6-3-2-4-7-14/h2-10H,11-12H2,1H3,(H,22,25)(H,23,26). The van der Waals surface area contributed by atoms with Gasteiger partial charge in [-0.05, 0) is 24.6 Å². The minimum absolute atomic E-state index is 0.0878. The number of amides is 2. The van der Waals surface area contributed by atoms with Gasteiger partial charge in [-0.15, -0.1) is 11.3 Å². The van der Waals surface area contributed by atoms with Gasteiger partial charge in [0.2, 0.25) is 5.91 Å². The molecule has 0 spiro atoms. The van der Waals surface area contributed by atoms with Crippen molar-refractivity contribution in [2.75, 3.05) is 6.54 Å². The fourth-order valence-electron chi connectivity index (χ4n) is 2.45. The minimum Gasteiger partial charge on any atom is -0.350 e. The van der Waals surface area contributed by atoms with Gasteiger partial charge < -0.3 is 10.6 Å². The molecule has 2 N–H and O–H groups in total. The van der Waals surface area contributed by atoms with Crippen LogP contribution >= 0.6 is 22.9 Å². The molecule has 3 rings (SSSR count). The molecule has 138 valence electrons. The zero-order valence-corrected chi connectivity index (χ0v) is 16.2. The number of thiazole rings is 1. The van der Waals surface area contributed by atoms with E-state index in [1.807, 2.05) is 42.5 Å². The van der Waals surface area contributed by atoms with E-state index in [9.17, 15) is 9.59 Å². The fourth-order valence-corrected chi connectivity index (χ4v) is 3.62. The average Bonchev–Trinajstić information content (AvgIpc) is 3.07. The molecule has 0 fully saturated rings. The van der Waals surface area contributed by atoms with E-state index < -0.39 is 0 Å². The SMILES string of the molecule is Cc1nc(-c2cccc(Cl)c2)sc1C(=O)NCC(=O)NCc1ccccc1. The maximum absolute atomic E-state index is 12.4. The van der Waals surface area contributed by atoms with Gasteiger partial charge in [-0.3, -0.25) is 9.59 Å². The molecular formula is C20H18ClN3O2S. The number of hydrogen-bond donors (Lipinski definition) is 2. The van der Waals surface area contributed by atoms with E-state index in [0.717, 1.165) is 11.1 Å². The van der Waals surface area contributed by atoms with Crippen molar-refractivity contribution in [2.45, 2.75) is 13.5 Å². The molecule has 0 atom stereocenters. The first-order valence-electron chi connectivity index (χ1n) is 8.35. The number of aryl methyl sites for hydroxylation is 1. The van der Waals surface area contributed by atoms with Gasteiger partial charge in [0, 0.05) is 17.1 Å². The van der Waals surface area contributed by atoms with Crippen LogP contribution in [-0.2, 0) is 11.3 Å². The van der Waals surface area contributed by atoms with Crippen molar-refractivity contribution in [3.63, 3.8) is 0 Å². The Bertz CT molecular complexity index is 957. The Labute approximate surface area is 166 Å². The highest BCUT2D eigenvalue weighted by Crippen LogP contribution is 2.29. The van der Waals surface area contributed by atoms with Crippen molar-refractivity contribution in [1.82, 2.24) is 15.6 Å². The molecule has 0 aliphatic carbocycles. The lowest BCUT2D eigenvalue weighted by Gasteiger charge is -2.06. The zero-order valence-electron chi connectivity index (χ0n) is 14.7. The Balaban J connectivity index is 1.57. The van der Waals surface area contributed by atoms with Gasteiger partial charge in [0.1, 0.15) is 9.88 Å². The summed E-state index contributed by atoms with van der Waals surface area (Å²) in [4.78, 5) is 29.3.